The summed E-state index contributed by atoms with van der Waals surface area (Å²) in [7, 11) is 3.22. The van der Waals surface area contributed by atoms with Crippen LogP contribution in [0.2, 0.25) is 0 Å². The minimum absolute atomic E-state index is 0.148. The summed E-state index contributed by atoms with van der Waals surface area (Å²) >= 11 is 0. The minimum Gasteiger partial charge on any atom is -0.493 e. The minimum atomic E-state index is -0.608. The third-order valence-corrected chi connectivity index (χ3v) is 4.99. The van der Waals surface area contributed by atoms with E-state index < -0.39 is 5.54 Å². The van der Waals surface area contributed by atoms with Crippen LogP contribution in [0.3, 0.4) is 0 Å². The molecule has 1 aliphatic heterocycles. The molecular weight excluding hydrogens is 347 g/mol. The summed E-state index contributed by atoms with van der Waals surface area (Å²) < 4.78 is 23.9. The van der Waals surface area contributed by atoms with Crippen LogP contribution in [0.25, 0.3) is 0 Å². The lowest BCUT2D eigenvalue weighted by atomic mass is 9.94. The number of hydrogen-bond acceptors (Lipinski definition) is 3. The van der Waals surface area contributed by atoms with Crippen molar-refractivity contribution in [1.82, 2.24) is 10.2 Å². The Morgan fingerprint density at radius 1 is 1.07 bits per heavy atom. The lowest BCUT2D eigenvalue weighted by molar-refractivity contribution is 0.181. The van der Waals surface area contributed by atoms with Gasteiger partial charge in [-0.1, -0.05) is 12.1 Å². The monoisotopic (exact) mass is 372 g/mol. The maximum absolute atomic E-state index is 13.2. The zero-order valence-corrected chi connectivity index (χ0v) is 16.1. The van der Waals surface area contributed by atoms with Gasteiger partial charge in [0.05, 0.1) is 19.8 Å². The number of carbonyl (C=O) groups excluding carboxylic acids is 1. The van der Waals surface area contributed by atoms with E-state index >= 15 is 0 Å². The number of fused-ring (bicyclic) bond motifs is 1. The molecule has 0 aliphatic carbocycles. The van der Waals surface area contributed by atoms with Crippen LogP contribution in [-0.4, -0.2) is 31.7 Å². The zero-order valence-electron chi connectivity index (χ0n) is 16.1. The summed E-state index contributed by atoms with van der Waals surface area (Å²) in [4.78, 5) is 14.6. The number of hydrogen-bond donors (Lipinski definition) is 1. The summed E-state index contributed by atoms with van der Waals surface area (Å²) in [6.07, 6.45) is 0.750. The second-order valence-electron chi connectivity index (χ2n) is 7.21. The van der Waals surface area contributed by atoms with Crippen LogP contribution in [0.5, 0.6) is 11.5 Å². The molecule has 0 fully saturated rings. The standard InChI is InChI=1S/C21H25FN2O3/c1-21(2,16-5-7-17(22)8-6-16)23-20(25)24-10-9-14-11-18(26-3)19(27-4)12-15(14)13-24/h5-8,11-12H,9-10,13H2,1-4H3,(H,23,25). The van der Waals surface area contributed by atoms with Gasteiger partial charge in [-0.2, -0.15) is 0 Å². The van der Waals surface area contributed by atoms with Crippen molar-refractivity contribution in [3.8, 4) is 11.5 Å². The number of benzene rings is 2. The van der Waals surface area contributed by atoms with Crippen molar-refractivity contribution in [1.29, 1.82) is 0 Å². The first-order valence-corrected chi connectivity index (χ1v) is 8.91. The molecule has 0 atom stereocenters. The van der Waals surface area contributed by atoms with Gasteiger partial charge in [0, 0.05) is 13.1 Å². The number of carbonyl (C=O) groups is 1. The van der Waals surface area contributed by atoms with E-state index in [0.29, 0.717) is 24.6 Å². The number of amides is 2. The van der Waals surface area contributed by atoms with Crippen molar-refractivity contribution in [2.45, 2.75) is 32.4 Å². The van der Waals surface area contributed by atoms with Crippen LogP contribution >= 0.6 is 0 Å². The highest BCUT2D eigenvalue weighted by Gasteiger charge is 2.28. The Morgan fingerprint density at radius 3 is 2.26 bits per heavy atom. The molecule has 5 nitrogen and oxygen atoms in total. The smallest absolute Gasteiger partial charge is 0.318 e. The van der Waals surface area contributed by atoms with Crippen LogP contribution in [0.1, 0.15) is 30.5 Å². The van der Waals surface area contributed by atoms with Crippen LogP contribution in [-0.2, 0) is 18.5 Å². The van der Waals surface area contributed by atoms with Gasteiger partial charge >= 0.3 is 6.03 Å². The van der Waals surface area contributed by atoms with E-state index in [2.05, 4.69) is 5.32 Å². The third kappa shape index (κ3) is 3.99. The highest BCUT2D eigenvalue weighted by molar-refractivity contribution is 5.75. The molecule has 2 aromatic carbocycles. The number of nitrogens with zero attached hydrogens (tertiary/aromatic N) is 1. The number of methoxy groups -OCH3 is 2. The van der Waals surface area contributed by atoms with Gasteiger partial charge in [-0.05, 0) is 61.2 Å². The SMILES string of the molecule is COc1cc2c(cc1OC)CN(C(=O)NC(C)(C)c1ccc(F)cc1)CC2. The van der Waals surface area contributed by atoms with E-state index in [1.54, 1.807) is 31.3 Å². The highest BCUT2D eigenvalue weighted by Crippen LogP contribution is 2.33. The molecular formula is C21H25FN2O3. The first-order chi connectivity index (χ1) is 12.8. The molecule has 144 valence electrons. The molecule has 1 aliphatic rings. The van der Waals surface area contributed by atoms with Crippen molar-refractivity contribution >= 4 is 6.03 Å². The summed E-state index contributed by atoms with van der Waals surface area (Å²) in [6, 6.07) is 9.95. The fourth-order valence-corrected chi connectivity index (χ4v) is 3.34. The molecule has 0 radical (unpaired) electrons. The molecule has 0 bridgehead atoms. The van der Waals surface area contributed by atoms with Gasteiger partial charge < -0.3 is 19.7 Å². The maximum atomic E-state index is 13.2. The number of halogens is 1. The van der Waals surface area contributed by atoms with Gasteiger partial charge in [-0.25, -0.2) is 9.18 Å². The molecule has 27 heavy (non-hydrogen) atoms. The molecule has 6 heteroatoms. The predicted molar refractivity (Wildman–Crippen MR) is 102 cm³/mol. The fourth-order valence-electron chi connectivity index (χ4n) is 3.34. The summed E-state index contributed by atoms with van der Waals surface area (Å²) in [5, 5.41) is 3.05. The van der Waals surface area contributed by atoms with Crippen LogP contribution in [0, 0.1) is 5.82 Å². The lowest BCUT2D eigenvalue weighted by Gasteiger charge is -2.34. The first-order valence-electron chi connectivity index (χ1n) is 8.91. The van der Waals surface area contributed by atoms with Gasteiger partial charge in [-0.3, -0.25) is 0 Å². The van der Waals surface area contributed by atoms with Gasteiger partial charge in [0.15, 0.2) is 11.5 Å². The van der Waals surface area contributed by atoms with Crippen LogP contribution in [0.15, 0.2) is 36.4 Å². The van der Waals surface area contributed by atoms with E-state index in [1.807, 2.05) is 26.0 Å². The molecule has 2 amide bonds. The van der Waals surface area contributed by atoms with Crippen LogP contribution < -0.4 is 14.8 Å². The Balaban J connectivity index is 1.74. The number of urea groups is 1. The topological polar surface area (TPSA) is 50.8 Å². The molecule has 1 heterocycles. The van der Waals surface area contributed by atoms with Crippen LogP contribution in [0.4, 0.5) is 9.18 Å². The van der Waals surface area contributed by atoms with Gasteiger partial charge in [0.25, 0.3) is 0 Å². The predicted octanol–water partition coefficient (Wildman–Crippen LogP) is 3.85. The Kier molecular flexibility index (Phi) is 5.26. The van der Waals surface area contributed by atoms with E-state index in [4.69, 9.17) is 9.47 Å². The number of rotatable bonds is 4. The summed E-state index contributed by atoms with van der Waals surface area (Å²) in [5.41, 5.74) is 2.45. The summed E-state index contributed by atoms with van der Waals surface area (Å²) in [6.45, 7) is 4.93. The van der Waals surface area contributed by atoms with E-state index in [1.165, 1.54) is 12.1 Å². The van der Waals surface area contributed by atoms with Crippen molar-refractivity contribution in [3.63, 3.8) is 0 Å². The molecule has 0 aromatic heterocycles. The second kappa shape index (κ2) is 7.47. The Morgan fingerprint density at radius 2 is 1.67 bits per heavy atom. The molecule has 3 rings (SSSR count). The average molecular weight is 372 g/mol. The lowest BCUT2D eigenvalue weighted by Crippen LogP contribution is -2.49. The average Bonchev–Trinajstić information content (AvgIpc) is 2.66. The number of nitrogens with one attached hydrogen (secondary N) is 1. The van der Waals surface area contributed by atoms with E-state index in [9.17, 15) is 9.18 Å². The fraction of sp³-hybridized carbons (Fsp3) is 0.381. The highest BCUT2D eigenvalue weighted by atomic mass is 19.1. The van der Waals surface area contributed by atoms with E-state index in [0.717, 1.165) is 23.1 Å². The second-order valence-corrected chi connectivity index (χ2v) is 7.21. The van der Waals surface area contributed by atoms with Crippen molar-refractivity contribution in [2.75, 3.05) is 20.8 Å². The number of ether oxygens (including phenoxy) is 2. The van der Waals surface area contributed by atoms with Crippen molar-refractivity contribution in [2.24, 2.45) is 0 Å². The molecule has 0 saturated carbocycles. The Hall–Kier alpha value is -2.76. The maximum Gasteiger partial charge on any atom is 0.318 e. The Labute approximate surface area is 159 Å². The molecule has 2 aromatic rings. The van der Waals surface area contributed by atoms with Crippen molar-refractivity contribution in [3.05, 3.63) is 58.9 Å². The van der Waals surface area contributed by atoms with Gasteiger partial charge in [-0.15, -0.1) is 0 Å². The quantitative estimate of drug-likeness (QED) is 0.887. The van der Waals surface area contributed by atoms with E-state index in [-0.39, 0.29) is 11.8 Å². The third-order valence-electron chi connectivity index (χ3n) is 4.99. The van der Waals surface area contributed by atoms with Gasteiger partial charge in [0.2, 0.25) is 0 Å². The molecule has 0 unspecified atom stereocenters. The van der Waals surface area contributed by atoms with Crippen molar-refractivity contribution < 1.29 is 18.7 Å². The van der Waals surface area contributed by atoms with Gasteiger partial charge in [0.1, 0.15) is 5.82 Å². The Bertz CT molecular complexity index is 834. The molecule has 0 saturated heterocycles. The zero-order chi connectivity index (χ0) is 19.6. The first kappa shape index (κ1) is 19.0. The normalized spacial score (nSPS) is 13.7. The molecule has 0 spiro atoms. The summed E-state index contributed by atoms with van der Waals surface area (Å²) in [5.74, 6) is 1.06. The largest absolute Gasteiger partial charge is 0.493 e. The molecule has 1 N–H and O–H groups in total.